The van der Waals surface area contributed by atoms with Gasteiger partial charge in [0.1, 0.15) is 42.7 Å². The molecule has 7 N–H and O–H groups in total. The Morgan fingerprint density at radius 2 is 1.43 bits per heavy atom. The molecule has 21 heavy (non-hydrogen) atoms. The summed E-state index contributed by atoms with van der Waals surface area (Å²) in [6.45, 7) is -0.930. The Bertz CT molecular complexity index is 339. The zero-order valence-electron chi connectivity index (χ0n) is 11.0. The molecule has 9 atom stereocenters. The van der Waals surface area contributed by atoms with Crippen molar-refractivity contribution >= 4 is 0 Å². The molecule has 0 bridgehead atoms. The summed E-state index contributed by atoms with van der Waals surface area (Å²) < 4.78 is 15.2. The molecule has 2 fully saturated rings. The Hall–Kier alpha value is -0.400. The smallest absolute Gasteiger partial charge is 0.189 e. The van der Waals surface area contributed by atoms with Crippen LogP contribution in [-0.2, 0) is 14.2 Å². The van der Waals surface area contributed by atoms with Crippen LogP contribution in [0.2, 0.25) is 0 Å². The fraction of sp³-hybridized carbons (Fsp3) is 1.00. The lowest BCUT2D eigenvalue weighted by Gasteiger charge is -2.42. The second kappa shape index (κ2) is 6.79. The van der Waals surface area contributed by atoms with Crippen LogP contribution in [0.4, 0.5) is 0 Å². The van der Waals surface area contributed by atoms with E-state index in [-0.39, 0.29) is 6.61 Å². The van der Waals surface area contributed by atoms with Crippen molar-refractivity contribution in [1.29, 1.82) is 0 Å². The van der Waals surface area contributed by atoms with E-state index in [1.165, 1.54) is 0 Å². The van der Waals surface area contributed by atoms with Crippen LogP contribution < -0.4 is 0 Å². The highest BCUT2D eigenvalue weighted by Crippen LogP contribution is 2.25. The van der Waals surface area contributed by atoms with Crippen LogP contribution in [-0.4, -0.2) is 104 Å². The maximum absolute atomic E-state index is 9.77. The minimum Gasteiger partial charge on any atom is -0.394 e. The van der Waals surface area contributed by atoms with Gasteiger partial charge in [-0.3, -0.25) is 0 Å². The Balaban J connectivity index is 2.01. The van der Waals surface area contributed by atoms with Crippen molar-refractivity contribution in [2.75, 3.05) is 13.2 Å². The highest BCUT2D eigenvalue weighted by atomic mass is 16.8. The topological polar surface area (TPSA) is 169 Å². The Morgan fingerprint density at radius 3 is 2.05 bits per heavy atom. The van der Waals surface area contributed by atoms with E-state index in [4.69, 9.17) is 19.3 Å². The number of hydrogen-bond donors (Lipinski definition) is 7. The molecule has 2 heterocycles. The molecule has 0 aliphatic carbocycles. The van der Waals surface area contributed by atoms with Crippen molar-refractivity contribution in [3.05, 3.63) is 0 Å². The van der Waals surface area contributed by atoms with Gasteiger partial charge < -0.3 is 50.0 Å². The molecular formula is C11H20O10. The lowest BCUT2D eigenvalue weighted by molar-refractivity contribution is -0.365. The molecule has 0 spiro atoms. The normalized spacial score (nSPS) is 51.9. The van der Waals surface area contributed by atoms with E-state index in [1.807, 2.05) is 0 Å². The monoisotopic (exact) mass is 312 g/mol. The summed E-state index contributed by atoms with van der Waals surface area (Å²) in [6.07, 6.45) is -13.3. The van der Waals surface area contributed by atoms with Gasteiger partial charge in [0.15, 0.2) is 12.6 Å². The second-order valence-corrected chi connectivity index (χ2v) is 5.08. The van der Waals surface area contributed by atoms with Crippen molar-refractivity contribution in [1.82, 2.24) is 0 Å². The fourth-order valence-electron chi connectivity index (χ4n) is 2.21. The predicted octanol–water partition coefficient (Wildman–Crippen LogP) is -4.76. The first-order chi connectivity index (χ1) is 9.86. The number of ether oxygens (including phenoxy) is 3. The number of rotatable bonds is 3. The van der Waals surface area contributed by atoms with E-state index >= 15 is 0 Å². The number of aliphatic hydroxyl groups is 7. The van der Waals surface area contributed by atoms with Gasteiger partial charge in [0.25, 0.3) is 0 Å². The maximum Gasteiger partial charge on any atom is 0.189 e. The molecule has 2 aliphatic rings. The third kappa shape index (κ3) is 3.35. The van der Waals surface area contributed by atoms with Gasteiger partial charge in [-0.1, -0.05) is 0 Å². The van der Waals surface area contributed by atoms with E-state index in [1.54, 1.807) is 0 Å². The summed E-state index contributed by atoms with van der Waals surface area (Å²) >= 11 is 0. The Kier molecular flexibility index (Phi) is 5.48. The first-order valence-corrected chi connectivity index (χ1v) is 6.48. The molecule has 0 amide bonds. The molecule has 124 valence electrons. The summed E-state index contributed by atoms with van der Waals surface area (Å²) in [6, 6.07) is 0. The van der Waals surface area contributed by atoms with Crippen molar-refractivity contribution < 1.29 is 50.0 Å². The van der Waals surface area contributed by atoms with Crippen LogP contribution in [0.15, 0.2) is 0 Å². The van der Waals surface area contributed by atoms with Crippen molar-refractivity contribution in [2.24, 2.45) is 0 Å². The van der Waals surface area contributed by atoms with Crippen LogP contribution >= 0.6 is 0 Å². The Morgan fingerprint density at radius 1 is 0.810 bits per heavy atom. The van der Waals surface area contributed by atoms with E-state index in [0.717, 1.165) is 0 Å². The van der Waals surface area contributed by atoms with Gasteiger partial charge in [-0.25, -0.2) is 0 Å². The van der Waals surface area contributed by atoms with Gasteiger partial charge in [0.05, 0.1) is 13.2 Å². The summed E-state index contributed by atoms with van der Waals surface area (Å²) in [5, 5.41) is 66.5. The lowest BCUT2D eigenvalue weighted by atomic mass is 9.99. The molecule has 2 aliphatic heterocycles. The van der Waals surface area contributed by atoms with Gasteiger partial charge in [0.2, 0.25) is 0 Å². The SMILES string of the molecule is OC[C@H]1O[C@@H](O[C@H]2OC[C@@H](O)[C@H](O)[C@H]2O)[C@@H](O)[C@@H](O)[C@@H]1O. The van der Waals surface area contributed by atoms with E-state index in [2.05, 4.69) is 0 Å². The third-order valence-corrected chi connectivity index (χ3v) is 3.57. The van der Waals surface area contributed by atoms with E-state index in [9.17, 15) is 30.6 Å². The minimum absolute atomic E-state index is 0.305. The molecule has 0 aromatic rings. The Labute approximate surface area is 119 Å². The summed E-state index contributed by atoms with van der Waals surface area (Å²) in [5.41, 5.74) is 0. The van der Waals surface area contributed by atoms with Crippen LogP contribution in [0.3, 0.4) is 0 Å². The number of aliphatic hydroxyl groups excluding tert-OH is 7. The van der Waals surface area contributed by atoms with Crippen LogP contribution in [0, 0.1) is 0 Å². The molecule has 0 unspecified atom stereocenters. The first-order valence-electron chi connectivity index (χ1n) is 6.48. The summed E-state index contributed by atoms with van der Waals surface area (Å²) in [7, 11) is 0. The predicted molar refractivity (Wildman–Crippen MR) is 62.6 cm³/mol. The fourth-order valence-corrected chi connectivity index (χ4v) is 2.21. The molecule has 2 rings (SSSR count). The third-order valence-electron chi connectivity index (χ3n) is 3.57. The van der Waals surface area contributed by atoms with Crippen LogP contribution in [0.25, 0.3) is 0 Å². The largest absolute Gasteiger partial charge is 0.394 e. The van der Waals surface area contributed by atoms with Gasteiger partial charge in [-0.15, -0.1) is 0 Å². The molecule has 10 heteroatoms. The standard InChI is InChI=1S/C11H20O10/c12-1-4-6(15)7(16)9(18)11(20-4)21-10-8(17)5(14)3(13)2-19-10/h3-18H,1-2H2/t3-,4-,5+,6-,7+,8-,9+,10-,11+/m1/s1. The van der Waals surface area contributed by atoms with Gasteiger partial charge >= 0.3 is 0 Å². The average Bonchev–Trinajstić information content (AvgIpc) is 2.48. The molecule has 0 saturated carbocycles. The van der Waals surface area contributed by atoms with E-state index < -0.39 is 61.9 Å². The first kappa shape index (κ1) is 17.0. The highest BCUT2D eigenvalue weighted by molar-refractivity contribution is 4.90. The van der Waals surface area contributed by atoms with Crippen LogP contribution in [0.1, 0.15) is 0 Å². The minimum atomic E-state index is -1.65. The van der Waals surface area contributed by atoms with Crippen molar-refractivity contribution in [3.8, 4) is 0 Å². The van der Waals surface area contributed by atoms with E-state index in [0.29, 0.717) is 0 Å². The molecule has 0 radical (unpaired) electrons. The zero-order valence-corrected chi connectivity index (χ0v) is 11.0. The molecule has 10 nitrogen and oxygen atoms in total. The molecule has 2 saturated heterocycles. The van der Waals surface area contributed by atoms with Gasteiger partial charge in [-0.2, -0.15) is 0 Å². The molecule has 0 aromatic heterocycles. The highest BCUT2D eigenvalue weighted by Gasteiger charge is 2.47. The maximum atomic E-state index is 9.77. The second-order valence-electron chi connectivity index (χ2n) is 5.08. The van der Waals surface area contributed by atoms with Gasteiger partial charge in [0, 0.05) is 0 Å². The lowest BCUT2D eigenvalue weighted by Crippen LogP contribution is -2.62. The molecule has 0 aromatic carbocycles. The summed E-state index contributed by atoms with van der Waals surface area (Å²) in [4.78, 5) is 0. The quantitative estimate of drug-likeness (QED) is 0.268. The average molecular weight is 312 g/mol. The summed E-state index contributed by atoms with van der Waals surface area (Å²) in [5.74, 6) is 0. The number of hydrogen-bond acceptors (Lipinski definition) is 10. The molecular weight excluding hydrogens is 292 g/mol. The van der Waals surface area contributed by atoms with Crippen molar-refractivity contribution in [2.45, 2.75) is 55.3 Å². The van der Waals surface area contributed by atoms with Crippen LogP contribution in [0.5, 0.6) is 0 Å². The van der Waals surface area contributed by atoms with Gasteiger partial charge in [-0.05, 0) is 0 Å². The van der Waals surface area contributed by atoms with Crippen molar-refractivity contribution in [3.63, 3.8) is 0 Å². The zero-order chi connectivity index (χ0) is 15.7.